The molecular formula is C18H29NO2. The summed E-state index contributed by atoms with van der Waals surface area (Å²) in [5, 5.41) is 10.5. The van der Waals surface area contributed by atoms with Crippen molar-refractivity contribution in [3.8, 4) is 0 Å². The maximum absolute atomic E-state index is 10.5. The molecule has 118 valence electrons. The lowest BCUT2D eigenvalue weighted by Crippen LogP contribution is -2.36. The van der Waals surface area contributed by atoms with E-state index in [-0.39, 0.29) is 6.04 Å². The van der Waals surface area contributed by atoms with Crippen molar-refractivity contribution < 1.29 is 9.84 Å². The summed E-state index contributed by atoms with van der Waals surface area (Å²) in [5.74, 6) is 0.815. The van der Waals surface area contributed by atoms with E-state index >= 15 is 0 Å². The van der Waals surface area contributed by atoms with E-state index in [0.717, 1.165) is 37.7 Å². The lowest BCUT2D eigenvalue weighted by Gasteiger charge is -2.29. The summed E-state index contributed by atoms with van der Waals surface area (Å²) in [6, 6.07) is 8.37. The van der Waals surface area contributed by atoms with E-state index in [4.69, 9.17) is 4.74 Å². The predicted octanol–water partition coefficient (Wildman–Crippen LogP) is 3.03. The molecule has 21 heavy (non-hydrogen) atoms. The van der Waals surface area contributed by atoms with Crippen molar-refractivity contribution in [3.05, 3.63) is 35.4 Å². The standard InChI is InChI=1S/C18H29NO2/c1-4-15-7-9-17(10-8-15)18(20)14(2)19(3)11-12-21-13-16-5-6-16/h7-10,14,16,18,20H,4-6,11-13H2,1-3H3. The number of ether oxygens (including phenoxy) is 1. The molecule has 0 bridgehead atoms. The van der Waals surface area contributed by atoms with Crippen molar-refractivity contribution in [1.29, 1.82) is 0 Å². The average molecular weight is 291 g/mol. The van der Waals surface area contributed by atoms with Crippen molar-refractivity contribution >= 4 is 0 Å². The molecule has 0 spiro atoms. The van der Waals surface area contributed by atoms with Gasteiger partial charge in [0.05, 0.1) is 12.7 Å². The van der Waals surface area contributed by atoms with Crippen LogP contribution in [0.1, 0.15) is 43.9 Å². The Morgan fingerprint density at radius 1 is 1.29 bits per heavy atom. The van der Waals surface area contributed by atoms with Gasteiger partial charge in [0, 0.05) is 19.2 Å². The molecular weight excluding hydrogens is 262 g/mol. The van der Waals surface area contributed by atoms with Crippen molar-refractivity contribution in [3.63, 3.8) is 0 Å². The van der Waals surface area contributed by atoms with Crippen LogP contribution in [0, 0.1) is 5.92 Å². The van der Waals surface area contributed by atoms with Crippen LogP contribution < -0.4 is 0 Å². The Kier molecular flexibility index (Phi) is 6.22. The zero-order chi connectivity index (χ0) is 15.2. The number of hydrogen-bond acceptors (Lipinski definition) is 3. The van der Waals surface area contributed by atoms with Gasteiger partial charge in [0.2, 0.25) is 0 Å². The number of aryl methyl sites for hydroxylation is 1. The first-order chi connectivity index (χ1) is 10.1. The second-order valence-corrected chi connectivity index (χ2v) is 6.28. The average Bonchev–Trinajstić information content (AvgIpc) is 3.34. The van der Waals surface area contributed by atoms with E-state index in [2.05, 4.69) is 37.9 Å². The summed E-state index contributed by atoms with van der Waals surface area (Å²) >= 11 is 0. The number of hydrogen-bond donors (Lipinski definition) is 1. The zero-order valence-electron chi connectivity index (χ0n) is 13.6. The lowest BCUT2D eigenvalue weighted by molar-refractivity contribution is 0.0449. The van der Waals surface area contributed by atoms with Crippen molar-refractivity contribution in [2.45, 2.75) is 45.3 Å². The van der Waals surface area contributed by atoms with Gasteiger partial charge in [-0.3, -0.25) is 4.90 Å². The van der Waals surface area contributed by atoms with Crippen LogP contribution in [0.2, 0.25) is 0 Å². The summed E-state index contributed by atoms with van der Waals surface area (Å²) in [6.45, 7) is 6.73. The molecule has 1 N–H and O–H groups in total. The number of benzene rings is 1. The van der Waals surface area contributed by atoms with E-state index in [1.807, 2.05) is 12.1 Å². The van der Waals surface area contributed by atoms with E-state index in [1.165, 1.54) is 18.4 Å². The minimum Gasteiger partial charge on any atom is -0.387 e. The summed E-state index contributed by atoms with van der Waals surface area (Å²) in [5.41, 5.74) is 2.30. The Morgan fingerprint density at radius 2 is 1.95 bits per heavy atom. The van der Waals surface area contributed by atoms with Crippen LogP contribution in [0.25, 0.3) is 0 Å². The molecule has 0 heterocycles. The molecule has 1 aliphatic rings. The molecule has 0 amide bonds. The highest BCUT2D eigenvalue weighted by atomic mass is 16.5. The van der Waals surface area contributed by atoms with Crippen LogP contribution in [0.5, 0.6) is 0 Å². The van der Waals surface area contributed by atoms with Gasteiger partial charge in [0.25, 0.3) is 0 Å². The van der Waals surface area contributed by atoms with E-state index in [9.17, 15) is 5.11 Å². The second-order valence-electron chi connectivity index (χ2n) is 6.28. The Hall–Kier alpha value is -0.900. The summed E-state index contributed by atoms with van der Waals surface area (Å²) in [6.07, 6.45) is 3.24. The lowest BCUT2D eigenvalue weighted by atomic mass is 10.0. The number of nitrogens with zero attached hydrogens (tertiary/aromatic N) is 1. The fourth-order valence-electron chi connectivity index (χ4n) is 2.42. The molecule has 1 saturated carbocycles. The molecule has 3 heteroatoms. The minimum atomic E-state index is -0.454. The molecule has 2 atom stereocenters. The molecule has 1 fully saturated rings. The maximum Gasteiger partial charge on any atom is 0.0942 e. The predicted molar refractivity (Wildman–Crippen MR) is 86.4 cm³/mol. The molecule has 0 aromatic heterocycles. The van der Waals surface area contributed by atoms with Crippen LogP contribution in [0.15, 0.2) is 24.3 Å². The maximum atomic E-state index is 10.5. The molecule has 0 aliphatic heterocycles. The van der Waals surface area contributed by atoms with E-state index in [1.54, 1.807) is 0 Å². The first kappa shape index (κ1) is 16.5. The topological polar surface area (TPSA) is 32.7 Å². The Labute approximate surface area is 128 Å². The molecule has 1 aromatic rings. The van der Waals surface area contributed by atoms with Gasteiger partial charge in [-0.2, -0.15) is 0 Å². The third-order valence-electron chi connectivity index (χ3n) is 4.52. The fourth-order valence-corrected chi connectivity index (χ4v) is 2.42. The quantitative estimate of drug-likeness (QED) is 0.710. The summed E-state index contributed by atoms with van der Waals surface area (Å²) < 4.78 is 5.67. The Bertz CT molecular complexity index is 414. The number of aliphatic hydroxyl groups excluding tert-OH is 1. The van der Waals surface area contributed by atoms with Crippen molar-refractivity contribution in [2.75, 3.05) is 26.8 Å². The first-order valence-electron chi connectivity index (χ1n) is 8.16. The highest BCUT2D eigenvalue weighted by molar-refractivity contribution is 5.24. The van der Waals surface area contributed by atoms with Crippen LogP contribution in [-0.2, 0) is 11.2 Å². The van der Waals surface area contributed by atoms with Gasteiger partial charge in [-0.25, -0.2) is 0 Å². The molecule has 2 rings (SSSR count). The molecule has 1 aromatic carbocycles. The molecule has 3 nitrogen and oxygen atoms in total. The number of aliphatic hydroxyl groups is 1. The fraction of sp³-hybridized carbons (Fsp3) is 0.667. The minimum absolute atomic E-state index is 0.0852. The SMILES string of the molecule is CCc1ccc(C(O)C(C)N(C)CCOCC2CC2)cc1. The molecule has 1 aliphatic carbocycles. The third-order valence-corrected chi connectivity index (χ3v) is 4.52. The van der Waals surface area contributed by atoms with Gasteiger partial charge in [-0.15, -0.1) is 0 Å². The van der Waals surface area contributed by atoms with E-state index in [0.29, 0.717) is 0 Å². The van der Waals surface area contributed by atoms with E-state index < -0.39 is 6.10 Å². The van der Waals surface area contributed by atoms with Gasteiger partial charge < -0.3 is 9.84 Å². The van der Waals surface area contributed by atoms with Gasteiger partial charge in [0.15, 0.2) is 0 Å². The largest absolute Gasteiger partial charge is 0.387 e. The summed E-state index contributed by atoms with van der Waals surface area (Å²) in [7, 11) is 2.05. The highest BCUT2D eigenvalue weighted by Crippen LogP contribution is 2.28. The normalized spacial score (nSPS) is 18.0. The van der Waals surface area contributed by atoms with Gasteiger partial charge in [-0.1, -0.05) is 31.2 Å². The van der Waals surface area contributed by atoms with Crippen LogP contribution in [0.3, 0.4) is 0 Å². The van der Waals surface area contributed by atoms with Gasteiger partial charge in [0.1, 0.15) is 0 Å². The molecule has 0 saturated heterocycles. The van der Waals surface area contributed by atoms with Crippen LogP contribution >= 0.6 is 0 Å². The number of likely N-dealkylation sites (N-methyl/N-ethyl adjacent to an activating group) is 1. The van der Waals surface area contributed by atoms with Crippen molar-refractivity contribution in [2.24, 2.45) is 5.92 Å². The smallest absolute Gasteiger partial charge is 0.0942 e. The van der Waals surface area contributed by atoms with Gasteiger partial charge >= 0.3 is 0 Å². The number of rotatable bonds is 9. The van der Waals surface area contributed by atoms with Crippen LogP contribution in [-0.4, -0.2) is 42.9 Å². The van der Waals surface area contributed by atoms with Crippen LogP contribution in [0.4, 0.5) is 0 Å². The molecule has 0 radical (unpaired) electrons. The monoisotopic (exact) mass is 291 g/mol. The Morgan fingerprint density at radius 3 is 2.52 bits per heavy atom. The highest BCUT2D eigenvalue weighted by Gasteiger charge is 2.22. The third kappa shape index (κ3) is 5.10. The zero-order valence-corrected chi connectivity index (χ0v) is 13.6. The molecule has 2 unspecified atom stereocenters. The summed E-state index contributed by atoms with van der Waals surface area (Å²) in [4.78, 5) is 2.17. The van der Waals surface area contributed by atoms with Crippen molar-refractivity contribution in [1.82, 2.24) is 4.90 Å². The van der Waals surface area contributed by atoms with Gasteiger partial charge in [-0.05, 0) is 50.3 Å². The Balaban J connectivity index is 1.77. The second kappa shape index (κ2) is 7.92. The first-order valence-corrected chi connectivity index (χ1v) is 8.16.